The number of fused-ring (bicyclic) bond motifs is 1. The summed E-state index contributed by atoms with van der Waals surface area (Å²) in [5.74, 6) is 1.63. The van der Waals surface area contributed by atoms with E-state index < -0.39 is 0 Å². The topological polar surface area (TPSA) is 63.3 Å². The highest BCUT2D eigenvalue weighted by molar-refractivity contribution is 7.98. The molecule has 1 aromatic carbocycles. The van der Waals surface area contributed by atoms with Crippen molar-refractivity contribution in [2.24, 2.45) is 0 Å². The first kappa shape index (κ1) is 23.4. The zero-order valence-corrected chi connectivity index (χ0v) is 19.9. The summed E-state index contributed by atoms with van der Waals surface area (Å²) >= 11 is 1.67. The first-order chi connectivity index (χ1) is 15.2. The third-order valence-corrected chi connectivity index (χ3v) is 6.04. The summed E-state index contributed by atoms with van der Waals surface area (Å²) in [5, 5.41) is 0.914. The minimum atomic E-state index is 0.643. The van der Waals surface area contributed by atoms with Crippen molar-refractivity contribution in [2.75, 3.05) is 38.3 Å². The summed E-state index contributed by atoms with van der Waals surface area (Å²) in [6.45, 7) is 10.00. The van der Waals surface area contributed by atoms with Crippen LogP contribution in [0.1, 0.15) is 44.4 Å². The van der Waals surface area contributed by atoms with Gasteiger partial charge in [0.15, 0.2) is 5.16 Å². The molecule has 31 heavy (non-hydrogen) atoms. The summed E-state index contributed by atoms with van der Waals surface area (Å²) in [7, 11) is 1.71. The molecule has 0 atom stereocenters. The van der Waals surface area contributed by atoms with Crippen LogP contribution in [0.2, 0.25) is 0 Å². The average Bonchev–Trinajstić information content (AvgIpc) is 3.19. The highest BCUT2D eigenvalue weighted by atomic mass is 32.2. The molecular weight excluding hydrogens is 408 g/mol. The average molecular weight is 443 g/mol. The number of H-pyrrole nitrogens is 1. The minimum Gasteiger partial charge on any atom is -0.493 e. The van der Waals surface area contributed by atoms with Crippen molar-refractivity contribution in [2.45, 2.75) is 50.9 Å². The van der Waals surface area contributed by atoms with Crippen LogP contribution in [-0.2, 0) is 10.5 Å². The van der Waals surface area contributed by atoms with Crippen molar-refractivity contribution in [3.05, 3.63) is 41.7 Å². The van der Waals surface area contributed by atoms with E-state index >= 15 is 0 Å². The molecule has 6 nitrogen and oxygen atoms in total. The van der Waals surface area contributed by atoms with Crippen molar-refractivity contribution < 1.29 is 9.47 Å². The van der Waals surface area contributed by atoms with E-state index in [-0.39, 0.29) is 0 Å². The monoisotopic (exact) mass is 442 g/mol. The van der Waals surface area contributed by atoms with Crippen LogP contribution in [0.25, 0.3) is 11.0 Å². The van der Waals surface area contributed by atoms with Crippen LogP contribution in [0, 0.1) is 6.92 Å². The summed E-state index contributed by atoms with van der Waals surface area (Å²) in [5.41, 5.74) is 5.43. The number of pyridine rings is 1. The van der Waals surface area contributed by atoms with Crippen LogP contribution >= 0.6 is 11.8 Å². The molecule has 0 radical (unpaired) electrons. The smallest absolute Gasteiger partial charge is 0.166 e. The maximum absolute atomic E-state index is 5.90. The van der Waals surface area contributed by atoms with Crippen molar-refractivity contribution >= 4 is 28.5 Å². The number of aromatic amines is 1. The van der Waals surface area contributed by atoms with Gasteiger partial charge in [0, 0.05) is 56.4 Å². The Hall–Kier alpha value is -2.25. The number of rotatable bonds is 13. The molecule has 0 bridgehead atoms. The molecule has 1 N–H and O–H groups in total. The molecule has 2 aromatic heterocycles. The Morgan fingerprint density at radius 3 is 2.65 bits per heavy atom. The predicted molar refractivity (Wildman–Crippen MR) is 129 cm³/mol. The van der Waals surface area contributed by atoms with Gasteiger partial charge in [-0.2, -0.15) is 0 Å². The SMILES string of the molecule is CCCN(CCC)c1ccc2[nH]c(SCc3nccc(OCCCOC)c3C)nc2c1. The summed E-state index contributed by atoms with van der Waals surface area (Å²) in [6, 6.07) is 8.45. The number of ether oxygens (including phenoxy) is 2. The Kier molecular flexibility index (Phi) is 9.03. The van der Waals surface area contributed by atoms with Gasteiger partial charge in [0.1, 0.15) is 5.75 Å². The minimum absolute atomic E-state index is 0.643. The van der Waals surface area contributed by atoms with Crippen molar-refractivity contribution in [1.29, 1.82) is 0 Å². The second kappa shape index (κ2) is 12.0. The maximum atomic E-state index is 5.90. The summed E-state index contributed by atoms with van der Waals surface area (Å²) < 4.78 is 11.0. The third kappa shape index (κ3) is 6.37. The van der Waals surface area contributed by atoms with Gasteiger partial charge >= 0.3 is 0 Å². The Morgan fingerprint density at radius 2 is 1.90 bits per heavy atom. The normalized spacial score (nSPS) is 11.2. The predicted octanol–water partition coefficient (Wildman–Crippen LogP) is 5.60. The number of anilines is 1. The molecular formula is C24H34N4O2S. The van der Waals surface area contributed by atoms with Crippen LogP contribution in [0.3, 0.4) is 0 Å². The molecule has 0 fully saturated rings. The Labute approximate surface area is 189 Å². The molecule has 0 saturated heterocycles. The fourth-order valence-corrected chi connectivity index (χ4v) is 4.44. The fourth-order valence-electron chi connectivity index (χ4n) is 3.53. The number of methoxy groups -OCH3 is 1. The molecule has 0 aliphatic rings. The van der Waals surface area contributed by atoms with Gasteiger partial charge in [0.05, 0.1) is 23.3 Å². The van der Waals surface area contributed by atoms with E-state index in [1.807, 2.05) is 12.3 Å². The first-order valence-corrected chi connectivity index (χ1v) is 12.1. The van der Waals surface area contributed by atoms with Gasteiger partial charge in [0.25, 0.3) is 0 Å². The number of nitrogens with one attached hydrogen (secondary N) is 1. The van der Waals surface area contributed by atoms with E-state index in [2.05, 4.69) is 53.8 Å². The van der Waals surface area contributed by atoms with E-state index in [1.54, 1.807) is 18.9 Å². The molecule has 0 aliphatic heterocycles. The molecule has 0 amide bonds. The summed E-state index contributed by atoms with van der Waals surface area (Å²) in [6.07, 6.45) is 4.97. The van der Waals surface area contributed by atoms with Crippen LogP contribution < -0.4 is 9.64 Å². The first-order valence-electron chi connectivity index (χ1n) is 11.1. The number of hydrogen-bond acceptors (Lipinski definition) is 6. The van der Waals surface area contributed by atoms with Crippen molar-refractivity contribution in [3.8, 4) is 5.75 Å². The number of thioether (sulfide) groups is 1. The van der Waals surface area contributed by atoms with Crippen molar-refractivity contribution in [1.82, 2.24) is 15.0 Å². The molecule has 0 spiro atoms. The standard InChI is InChI=1S/C24H34N4O2S/c1-5-12-28(13-6-2)19-8-9-20-21(16-19)27-24(26-20)31-17-22-18(3)23(10-11-25-22)30-15-7-14-29-4/h8-11,16H,5-7,12-15,17H2,1-4H3,(H,26,27). The van der Waals surface area contributed by atoms with Gasteiger partial charge < -0.3 is 19.4 Å². The quantitative estimate of drug-likeness (QED) is 0.275. The van der Waals surface area contributed by atoms with Gasteiger partial charge in [-0.05, 0) is 44.0 Å². The number of nitrogens with zero attached hydrogens (tertiary/aromatic N) is 3. The summed E-state index contributed by atoms with van der Waals surface area (Å²) in [4.78, 5) is 15.3. The number of imidazole rings is 1. The van der Waals surface area contributed by atoms with E-state index in [0.717, 1.165) is 71.3 Å². The Balaban J connectivity index is 1.67. The molecule has 7 heteroatoms. The molecule has 2 heterocycles. The van der Waals surface area contributed by atoms with E-state index in [0.29, 0.717) is 13.2 Å². The zero-order valence-electron chi connectivity index (χ0n) is 19.1. The van der Waals surface area contributed by atoms with Gasteiger partial charge in [0.2, 0.25) is 0 Å². The van der Waals surface area contributed by atoms with Crippen LogP contribution in [0.4, 0.5) is 5.69 Å². The number of hydrogen-bond donors (Lipinski definition) is 1. The van der Waals surface area contributed by atoms with Gasteiger partial charge in [-0.25, -0.2) is 4.98 Å². The molecule has 0 unspecified atom stereocenters. The largest absolute Gasteiger partial charge is 0.493 e. The Bertz CT molecular complexity index is 954. The van der Waals surface area contributed by atoms with E-state index in [1.165, 1.54) is 5.69 Å². The van der Waals surface area contributed by atoms with E-state index in [9.17, 15) is 0 Å². The molecule has 0 aliphatic carbocycles. The third-order valence-electron chi connectivity index (χ3n) is 5.15. The van der Waals surface area contributed by atoms with Crippen molar-refractivity contribution in [3.63, 3.8) is 0 Å². The maximum Gasteiger partial charge on any atom is 0.166 e. The highest BCUT2D eigenvalue weighted by Gasteiger charge is 2.11. The van der Waals surface area contributed by atoms with Crippen LogP contribution in [0.5, 0.6) is 5.75 Å². The van der Waals surface area contributed by atoms with Gasteiger partial charge in [-0.3, -0.25) is 4.98 Å². The Morgan fingerprint density at radius 1 is 1.10 bits per heavy atom. The molecule has 3 rings (SSSR count). The van der Waals surface area contributed by atoms with Gasteiger partial charge in [-0.1, -0.05) is 25.6 Å². The van der Waals surface area contributed by atoms with Crippen LogP contribution in [0.15, 0.2) is 35.6 Å². The fraction of sp³-hybridized carbons (Fsp3) is 0.500. The lowest BCUT2D eigenvalue weighted by Gasteiger charge is -2.23. The second-order valence-electron chi connectivity index (χ2n) is 7.59. The zero-order chi connectivity index (χ0) is 22.1. The lowest BCUT2D eigenvalue weighted by atomic mass is 10.2. The number of benzene rings is 1. The highest BCUT2D eigenvalue weighted by Crippen LogP contribution is 2.28. The molecule has 0 saturated carbocycles. The van der Waals surface area contributed by atoms with E-state index in [4.69, 9.17) is 14.5 Å². The molecule has 3 aromatic rings. The molecule has 168 valence electrons. The second-order valence-corrected chi connectivity index (χ2v) is 8.56. The lowest BCUT2D eigenvalue weighted by molar-refractivity contribution is 0.172. The van der Waals surface area contributed by atoms with Crippen LogP contribution in [-0.4, -0.2) is 48.4 Å². The van der Waals surface area contributed by atoms with Gasteiger partial charge in [-0.15, -0.1) is 0 Å². The number of aromatic nitrogens is 3. The lowest BCUT2D eigenvalue weighted by Crippen LogP contribution is -2.24.